The SMILES string of the molecule is CC(C)(CCc1ccccc1)c1cc(O)c(C(C)(C)CCc2ccccc2)cc1O. The van der Waals surface area contributed by atoms with Crippen LogP contribution in [0, 0.1) is 0 Å². The van der Waals surface area contributed by atoms with Gasteiger partial charge in [-0.25, -0.2) is 0 Å². The Kier molecular flexibility index (Phi) is 6.55. The molecule has 2 nitrogen and oxygen atoms in total. The second kappa shape index (κ2) is 8.95. The van der Waals surface area contributed by atoms with Crippen LogP contribution in [0.3, 0.4) is 0 Å². The molecule has 0 radical (unpaired) electrons. The fourth-order valence-corrected chi connectivity index (χ4v) is 4.13. The first-order valence-electron chi connectivity index (χ1n) is 10.8. The summed E-state index contributed by atoms with van der Waals surface area (Å²) in [5.41, 5.74) is 3.69. The van der Waals surface area contributed by atoms with Crippen LogP contribution in [-0.4, -0.2) is 10.2 Å². The van der Waals surface area contributed by atoms with Crippen LogP contribution in [0.15, 0.2) is 72.8 Å². The molecule has 3 aromatic carbocycles. The highest BCUT2D eigenvalue weighted by Crippen LogP contribution is 2.43. The lowest BCUT2D eigenvalue weighted by molar-refractivity contribution is 0.392. The van der Waals surface area contributed by atoms with Gasteiger partial charge in [-0.1, -0.05) is 88.4 Å². The van der Waals surface area contributed by atoms with E-state index in [9.17, 15) is 10.2 Å². The summed E-state index contributed by atoms with van der Waals surface area (Å²) in [5.74, 6) is 0.544. The van der Waals surface area contributed by atoms with Crippen LogP contribution in [0.1, 0.15) is 62.8 Å². The summed E-state index contributed by atoms with van der Waals surface area (Å²) in [6, 6.07) is 24.3. The molecular formula is C28H34O2. The van der Waals surface area contributed by atoms with Gasteiger partial charge >= 0.3 is 0 Å². The zero-order valence-corrected chi connectivity index (χ0v) is 18.7. The molecule has 158 valence electrons. The fourth-order valence-electron chi connectivity index (χ4n) is 4.13. The number of benzene rings is 3. The zero-order valence-electron chi connectivity index (χ0n) is 18.7. The van der Waals surface area contributed by atoms with E-state index in [4.69, 9.17) is 0 Å². The molecule has 0 amide bonds. The lowest BCUT2D eigenvalue weighted by Gasteiger charge is -2.30. The number of hydrogen-bond donors (Lipinski definition) is 2. The van der Waals surface area contributed by atoms with Gasteiger partial charge in [0.05, 0.1) is 0 Å². The summed E-state index contributed by atoms with van der Waals surface area (Å²) >= 11 is 0. The number of aryl methyl sites for hydroxylation is 2. The monoisotopic (exact) mass is 402 g/mol. The highest BCUT2D eigenvalue weighted by Gasteiger charge is 2.29. The maximum atomic E-state index is 10.9. The molecule has 0 bridgehead atoms. The normalized spacial score (nSPS) is 12.1. The molecule has 0 unspecified atom stereocenters. The van der Waals surface area contributed by atoms with Crippen molar-refractivity contribution in [2.45, 2.75) is 64.2 Å². The second-order valence-electron chi connectivity index (χ2n) is 9.63. The molecule has 0 heterocycles. The van der Waals surface area contributed by atoms with Crippen molar-refractivity contribution >= 4 is 0 Å². The van der Waals surface area contributed by atoms with Gasteiger partial charge in [0.25, 0.3) is 0 Å². The third kappa shape index (κ3) is 5.24. The molecule has 0 aliphatic heterocycles. The quantitative estimate of drug-likeness (QED) is 0.402. The lowest BCUT2D eigenvalue weighted by Crippen LogP contribution is -2.21. The van der Waals surface area contributed by atoms with E-state index in [1.54, 1.807) is 12.1 Å². The van der Waals surface area contributed by atoms with Crippen LogP contribution in [0.2, 0.25) is 0 Å². The number of phenolic OH excluding ortho intramolecular Hbond substituents is 2. The van der Waals surface area contributed by atoms with E-state index in [1.807, 2.05) is 12.1 Å². The Morgan fingerprint density at radius 1 is 0.567 bits per heavy atom. The standard InChI is InChI=1S/C28H34O2/c1-27(2,17-15-21-11-7-5-8-12-21)23-19-26(30)24(20-25(23)29)28(3,4)18-16-22-13-9-6-10-14-22/h5-14,19-20,29-30H,15-18H2,1-4H3. The summed E-state index contributed by atoms with van der Waals surface area (Å²) < 4.78 is 0. The number of phenols is 2. The molecule has 30 heavy (non-hydrogen) atoms. The average Bonchev–Trinajstić information content (AvgIpc) is 2.73. The molecule has 0 aliphatic rings. The van der Waals surface area contributed by atoms with E-state index in [0.29, 0.717) is 0 Å². The van der Waals surface area contributed by atoms with Crippen LogP contribution in [0.5, 0.6) is 11.5 Å². The van der Waals surface area contributed by atoms with E-state index in [-0.39, 0.29) is 22.3 Å². The molecule has 2 heteroatoms. The second-order valence-corrected chi connectivity index (χ2v) is 9.63. The summed E-state index contributed by atoms with van der Waals surface area (Å²) in [6.07, 6.45) is 3.64. The third-order valence-corrected chi connectivity index (χ3v) is 6.34. The van der Waals surface area contributed by atoms with E-state index < -0.39 is 0 Å². The van der Waals surface area contributed by atoms with Gasteiger partial charge in [-0.2, -0.15) is 0 Å². The highest BCUT2D eigenvalue weighted by molar-refractivity contribution is 5.51. The van der Waals surface area contributed by atoms with Gasteiger partial charge in [0.1, 0.15) is 11.5 Å². The first-order chi connectivity index (χ1) is 14.2. The molecule has 0 saturated heterocycles. The molecule has 3 aromatic rings. The summed E-state index contributed by atoms with van der Waals surface area (Å²) in [7, 11) is 0. The molecule has 0 atom stereocenters. The Balaban J connectivity index is 1.78. The maximum absolute atomic E-state index is 10.9. The number of hydrogen-bond acceptors (Lipinski definition) is 2. The van der Waals surface area contributed by atoms with E-state index in [2.05, 4.69) is 76.2 Å². The van der Waals surface area contributed by atoms with Gasteiger partial charge < -0.3 is 10.2 Å². The van der Waals surface area contributed by atoms with Crippen molar-refractivity contribution in [2.24, 2.45) is 0 Å². The average molecular weight is 403 g/mol. The van der Waals surface area contributed by atoms with E-state index in [1.165, 1.54) is 11.1 Å². The van der Waals surface area contributed by atoms with Crippen molar-refractivity contribution in [2.75, 3.05) is 0 Å². The minimum atomic E-state index is -0.246. The Bertz CT molecular complexity index is 875. The molecular weight excluding hydrogens is 368 g/mol. The molecule has 0 spiro atoms. The predicted molar refractivity (Wildman–Crippen MR) is 125 cm³/mol. The van der Waals surface area contributed by atoms with Crippen molar-refractivity contribution in [1.82, 2.24) is 0 Å². The summed E-state index contributed by atoms with van der Waals surface area (Å²) in [4.78, 5) is 0. The van der Waals surface area contributed by atoms with Crippen molar-refractivity contribution < 1.29 is 10.2 Å². The Morgan fingerprint density at radius 2 is 0.900 bits per heavy atom. The first-order valence-corrected chi connectivity index (χ1v) is 10.8. The highest BCUT2D eigenvalue weighted by atomic mass is 16.3. The molecule has 0 fully saturated rings. The van der Waals surface area contributed by atoms with Gasteiger partial charge in [-0.05, 0) is 59.8 Å². The van der Waals surface area contributed by atoms with Gasteiger partial charge in [0, 0.05) is 11.1 Å². The van der Waals surface area contributed by atoms with Crippen molar-refractivity contribution in [3.8, 4) is 11.5 Å². The number of aromatic hydroxyl groups is 2. The first kappa shape index (κ1) is 22.0. The van der Waals surface area contributed by atoms with Gasteiger partial charge in [0.2, 0.25) is 0 Å². The van der Waals surface area contributed by atoms with E-state index in [0.717, 1.165) is 36.8 Å². The smallest absolute Gasteiger partial charge is 0.119 e. The topological polar surface area (TPSA) is 40.5 Å². The maximum Gasteiger partial charge on any atom is 0.119 e. The van der Waals surface area contributed by atoms with E-state index >= 15 is 0 Å². The Labute approximate surface area is 181 Å². The molecule has 2 N–H and O–H groups in total. The van der Waals surface area contributed by atoms with Crippen LogP contribution in [0.4, 0.5) is 0 Å². The predicted octanol–water partition coefficient (Wildman–Crippen LogP) is 6.92. The minimum Gasteiger partial charge on any atom is -0.508 e. The Morgan fingerprint density at radius 3 is 1.23 bits per heavy atom. The Hall–Kier alpha value is -2.74. The van der Waals surface area contributed by atoms with Gasteiger partial charge in [-0.3, -0.25) is 0 Å². The van der Waals surface area contributed by atoms with Crippen LogP contribution < -0.4 is 0 Å². The van der Waals surface area contributed by atoms with Crippen molar-refractivity contribution in [3.63, 3.8) is 0 Å². The minimum absolute atomic E-state index is 0.246. The fraction of sp³-hybridized carbons (Fsp3) is 0.357. The van der Waals surface area contributed by atoms with Crippen molar-refractivity contribution in [1.29, 1.82) is 0 Å². The molecule has 3 rings (SSSR count). The molecule has 0 aliphatic carbocycles. The zero-order chi connectivity index (χ0) is 21.8. The van der Waals surface area contributed by atoms with Gasteiger partial charge in [-0.15, -0.1) is 0 Å². The molecule has 0 saturated carbocycles. The lowest BCUT2D eigenvalue weighted by atomic mass is 9.75. The number of rotatable bonds is 8. The third-order valence-electron chi connectivity index (χ3n) is 6.34. The van der Waals surface area contributed by atoms with Crippen LogP contribution in [0.25, 0.3) is 0 Å². The van der Waals surface area contributed by atoms with Crippen molar-refractivity contribution in [3.05, 3.63) is 95.1 Å². The summed E-state index contributed by atoms with van der Waals surface area (Å²) in [5, 5.41) is 21.8. The van der Waals surface area contributed by atoms with Crippen LogP contribution in [-0.2, 0) is 23.7 Å². The largest absolute Gasteiger partial charge is 0.508 e. The van der Waals surface area contributed by atoms with Gasteiger partial charge in [0.15, 0.2) is 0 Å². The summed E-state index contributed by atoms with van der Waals surface area (Å²) in [6.45, 7) is 8.52. The van der Waals surface area contributed by atoms with Crippen LogP contribution >= 0.6 is 0 Å². The molecule has 0 aromatic heterocycles.